The third-order valence-corrected chi connectivity index (χ3v) is 3.41. The molecule has 0 bridgehead atoms. The van der Waals surface area contributed by atoms with Crippen molar-refractivity contribution in [1.29, 1.82) is 0 Å². The van der Waals surface area contributed by atoms with Gasteiger partial charge in [0.15, 0.2) is 0 Å². The average Bonchev–Trinajstić information content (AvgIpc) is 2.69. The molecule has 0 amide bonds. The molecule has 82 valence electrons. The first-order valence-electron chi connectivity index (χ1n) is 5.46. The Morgan fingerprint density at radius 1 is 1.20 bits per heavy atom. The molecule has 15 heavy (non-hydrogen) atoms. The maximum Gasteiger partial charge on any atom is 0.0377 e. The largest absolute Gasteiger partial charge is 0.372 e. The van der Waals surface area contributed by atoms with Crippen LogP contribution < -0.4 is 4.90 Å². The molecule has 1 aliphatic heterocycles. The van der Waals surface area contributed by atoms with Gasteiger partial charge in [0.2, 0.25) is 0 Å². The maximum atomic E-state index is 2.47. The summed E-state index contributed by atoms with van der Waals surface area (Å²) in [5.74, 6) is 0. The first-order valence-corrected chi connectivity index (χ1v) is 6.23. The summed E-state index contributed by atoms with van der Waals surface area (Å²) in [7, 11) is 4.15. The summed E-state index contributed by atoms with van der Waals surface area (Å²) in [6, 6.07) is 8.82. The van der Waals surface area contributed by atoms with Gasteiger partial charge < -0.3 is 4.90 Å². The minimum Gasteiger partial charge on any atom is -0.372 e. The molecule has 0 atom stereocenters. The standard InChI is InChI=1S/C12H18N2S/c1-13(2)15-12-7-5-6-11(10-12)14-8-3-4-9-14/h5-7,10H,3-4,8-9H2,1-2H3. The van der Waals surface area contributed by atoms with Gasteiger partial charge in [-0.2, -0.15) is 0 Å². The zero-order valence-corrected chi connectivity index (χ0v) is 10.3. The highest BCUT2D eigenvalue weighted by molar-refractivity contribution is 7.97. The summed E-state index contributed by atoms with van der Waals surface area (Å²) in [4.78, 5) is 3.80. The average molecular weight is 222 g/mol. The van der Waals surface area contributed by atoms with Crippen LogP contribution in [0.5, 0.6) is 0 Å². The van der Waals surface area contributed by atoms with E-state index in [9.17, 15) is 0 Å². The normalized spacial score (nSPS) is 16.3. The lowest BCUT2D eigenvalue weighted by atomic mass is 10.3. The zero-order valence-electron chi connectivity index (χ0n) is 9.44. The fourth-order valence-electron chi connectivity index (χ4n) is 1.92. The number of benzene rings is 1. The predicted octanol–water partition coefficient (Wildman–Crippen LogP) is 2.86. The molecule has 1 aliphatic rings. The molecule has 1 aromatic carbocycles. The summed E-state index contributed by atoms with van der Waals surface area (Å²) < 4.78 is 2.13. The van der Waals surface area contributed by atoms with Crippen LogP contribution in [0.2, 0.25) is 0 Å². The van der Waals surface area contributed by atoms with Crippen LogP contribution in [0, 0.1) is 0 Å². The Hall–Kier alpha value is -0.670. The van der Waals surface area contributed by atoms with Crippen molar-refractivity contribution in [2.75, 3.05) is 32.1 Å². The summed E-state index contributed by atoms with van der Waals surface area (Å²) in [6.45, 7) is 2.44. The van der Waals surface area contributed by atoms with Crippen molar-refractivity contribution in [2.45, 2.75) is 17.7 Å². The predicted molar refractivity (Wildman–Crippen MR) is 67.4 cm³/mol. The van der Waals surface area contributed by atoms with Gasteiger partial charge in [0, 0.05) is 23.7 Å². The lowest BCUT2D eigenvalue weighted by Gasteiger charge is -2.18. The first kappa shape index (κ1) is 10.8. The van der Waals surface area contributed by atoms with E-state index in [0.717, 1.165) is 0 Å². The van der Waals surface area contributed by atoms with Crippen molar-refractivity contribution in [3.05, 3.63) is 24.3 Å². The fourth-order valence-corrected chi connectivity index (χ4v) is 2.66. The Balaban J connectivity index is 2.11. The van der Waals surface area contributed by atoms with Crippen molar-refractivity contribution in [3.8, 4) is 0 Å². The van der Waals surface area contributed by atoms with Crippen LogP contribution in [-0.4, -0.2) is 31.5 Å². The summed E-state index contributed by atoms with van der Waals surface area (Å²) in [5, 5.41) is 0. The molecule has 0 aliphatic carbocycles. The van der Waals surface area contributed by atoms with E-state index in [4.69, 9.17) is 0 Å². The third kappa shape index (κ3) is 2.89. The van der Waals surface area contributed by atoms with Gasteiger partial charge in [-0.25, -0.2) is 0 Å². The van der Waals surface area contributed by atoms with Gasteiger partial charge in [0.1, 0.15) is 0 Å². The molecule has 0 unspecified atom stereocenters. The number of nitrogens with zero attached hydrogens (tertiary/aromatic N) is 2. The quantitative estimate of drug-likeness (QED) is 0.726. The van der Waals surface area contributed by atoms with E-state index in [1.807, 2.05) is 0 Å². The van der Waals surface area contributed by atoms with Gasteiger partial charge in [-0.05, 0) is 57.1 Å². The second-order valence-corrected chi connectivity index (χ2v) is 5.48. The minimum atomic E-state index is 1.22. The highest BCUT2D eigenvalue weighted by Gasteiger charge is 2.12. The van der Waals surface area contributed by atoms with E-state index in [-0.39, 0.29) is 0 Å². The summed E-state index contributed by atoms with van der Waals surface area (Å²) in [5.41, 5.74) is 1.37. The number of hydrogen-bond acceptors (Lipinski definition) is 3. The lowest BCUT2D eigenvalue weighted by Crippen LogP contribution is -2.17. The molecule has 3 heteroatoms. The Bertz CT molecular complexity index is 319. The number of anilines is 1. The second kappa shape index (κ2) is 4.90. The molecule has 1 aromatic rings. The van der Waals surface area contributed by atoms with Gasteiger partial charge in [0.05, 0.1) is 0 Å². The molecule has 2 rings (SSSR count). The first-order chi connectivity index (χ1) is 7.25. The van der Waals surface area contributed by atoms with Crippen molar-refractivity contribution in [1.82, 2.24) is 4.31 Å². The van der Waals surface area contributed by atoms with E-state index in [2.05, 4.69) is 47.6 Å². The smallest absolute Gasteiger partial charge is 0.0377 e. The molecule has 1 heterocycles. The molecule has 1 saturated heterocycles. The highest BCUT2D eigenvalue weighted by atomic mass is 32.2. The molecule has 0 radical (unpaired) electrons. The molecule has 0 saturated carbocycles. The van der Waals surface area contributed by atoms with Crippen LogP contribution in [0.25, 0.3) is 0 Å². The summed E-state index contributed by atoms with van der Waals surface area (Å²) >= 11 is 1.78. The second-order valence-electron chi connectivity index (χ2n) is 4.10. The van der Waals surface area contributed by atoms with E-state index >= 15 is 0 Å². The van der Waals surface area contributed by atoms with Crippen LogP contribution >= 0.6 is 11.9 Å². The molecule has 1 fully saturated rings. The van der Waals surface area contributed by atoms with Crippen LogP contribution in [0.15, 0.2) is 29.2 Å². The fraction of sp³-hybridized carbons (Fsp3) is 0.500. The maximum absolute atomic E-state index is 2.47. The van der Waals surface area contributed by atoms with Crippen LogP contribution in [0.3, 0.4) is 0 Å². The van der Waals surface area contributed by atoms with Gasteiger partial charge in [-0.15, -0.1) is 0 Å². The van der Waals surface area contributed by atoms with E-state index < -0.39 is 0 Å². The molecule has 0 aromatic heterocycles. The summed E-state index contributed by atoms with van der Waals surface area (Å²) in [6.07, 6.45) is 2.68. The highest BCUT2D eigenvalue weighted by Crippen LogP contribution is 2.26. The van der Waals surface area contributed by atoms with Gasteiger partial charge in [-0.1, -0.05) is 6.07 Å². The van der Waals surface area contributed by atoms with Crippen molar-refractivity contribution in [3.63, 3.8) is 0 Å². The van der Waals surface area contributed by atoms with Crippen LogP contribution in [0.4, 0.5) is 5.69 Å². The van der Waals surface area contributed by atoms with E-state index in [0.29, 0.717) is 0 Å². The Labute approximate surface area is 96.4 Å². The molecular weight excluding hydrogens is 204 g/mol. The number of rotatable bonds is 3. The number of hydrogen-bond donors (Lipinski definition) is 0. The topological polar surface area (TPSA) is 6.48 Å². The van der Waals surface area contributed by atoms with E-state index in [1.54, 1.807) is 11.9 Å². The SMILES string of the molecule is CN(C)Sc1cccc(N2CCCC2)c1. The third-order valence-electron chi connectivity index (χ3n) is 2.58. The van der Waals surface area contributed by atoms with Gasteiger partial charge in [-0.3, -0.25) is 4.31 Å². The monoisotopic (exact) mass is 222 g/mol. The van der Waals surface area contributed by atoms with Crippen molar-refractivity contribution in [2.24, 2.45) is 0 Å². The van der Waals surface area contributed by atoms with Gasteiger partial charge in [0.25, 0.3) is 0 Å². The molecular formula is C12H18N2S. The minimum absolute atomic E-state index is 1.22. The molecule has 0 spiro atoms. The zero-order chi connectivity index (χ0) is 10.7. The molecule has 2 nitrogen and oxygen atoms in total. The van der Waals surface area contributed by atoms with Crippen molar-refractivity contribution < 1.29 is 0 Å². The van der Waals surface area contributed by atoms with Crippen LogP contribution in [-0.2, 0) is 0 Å². The lowest BCUT2D eigenvalue weighted by molar-refractivity contribution is 0.702. The Morgan fingerprint density at radius 2 is 1.93 bits per heavy atom. The Kier molecular flexibility index (Phi) is 3.54. The molecule has 0 N–H and O–H groups in total. The van der Waals surface area contributed by atoms with E-state index in [1.165, 1.54) is 36.5 Å². The van der Waals surface area contributed by atoms with Crippen LogP contribution in [0.1, 0.15) is 12.8 Å². The van der Waals surface area contributed by atoms with Gasteiger partial charge >= 0.3 is 0 Å². The Morgan fingerprint density at radius 3 is 2.60 bits per heavy atom. The van der Waals surface area contributed by atoms with Crippen molar-refractivity contribution >= 4 is 17.6 Å².